The second kappa shape index (κ2) is 11.3. The number of anilines is 1. The molecule has 0 spiro atoms. The van der Waals surface area contributed by atoms with E-state index in [4.69, 9.17) is 4.42 Å². The van der Waals surface area contributed by atoms with E-state index >= 15 is 0 Å². The molecule has 160 valence electrons. The van der Waals surface area contributed by atoms with Gasteiger partial charge < -0.3 is 20.0 Å². The summed E-state index contributed by atoms with van der Waals surface area (Å²) in [6.45, 7) is 9.96. The molecule has 0 bridgehead atoms. The molecule has 7 nitrogen and oxygen atoms in total. The summed E-state index contributed by atoms with van der Waals surface area (Å²) in [6.07, 6.45) is 0. The van der Waals surface area contributed by atoms with Crippen LogP contribution in [0.25, 0.3) is 0 Å². The van der Waals surface area contributed by atoms with Gasteiger partial charge in [0, 0.05) is 52.0 Å². The number of oxazole rings is 1. The summed E-state index contributed by atoms with van der Waals surface area (Å²) in [5.74, 6) is 2.05. The Morgan fingerprint density at radius 1 is 1.14 bits per heavy atom. The van der Waals surface area contributed by atoms with E-state index in [1.807, 2.05) is 26.0 Å². The van der Waals surface area contributed by atoms with E-state index in [2.05, 4.69) is 30.4 Å². The predicted octanol–water partition coefficient (Wildman–Crippen LogP) is 2.54. The van der Waals surface area contributed by atoms with Gasteiger partial charge in [-0.3, -0.25) is 9.89 Å². The van der Waals surface area contributed by atoms with Crippen molar-refractivity contribution in [3.05, 3.63) is 47.4 Å². The number of benzene rings is 1. The van der Waals surface area contributed by atoms with Crippen LogP contribution in [0.1, 0.15) is 17.3 Å². The van der Waals surface area contributed by atoms with Crippen molar-refractivity contribution in [3.8, 4) is 0 Å². The summed E-state index contributed by atoms with van der Waals surface area (Å²) in [4.78, 5) is 13.3. The molecular weight excluding hydrogens is 486 g/mol. The number of piperazine rings is 1. The lowest BCUT2D eigenvalue weighted by Gasteiger charge is -2.36. The van der Waals surface area contributed by atoms with Crippen molar-refractivity contribution in [1.82, 2.24) is 20.5 Å². The van der Waals surface area contributed by atoms with E-state index in [9.17, 15) is 4.39 Å². The fraction of sp³-hybridized carbons (Fsp3) is 0.500. The smallest absolute Gasteiger partial charge is 0.214 e. The van der Waals surface area contributed by atoms with Gasteiger partial charge in [0.1, 0.15) is 11.6 Å². The van der Waals surface area contributed by atoms with E-state index in [0.29, 0.717) is 12.4 Å². The Morgan fingerprint density at radius 3 is 2.41 bits per heavy atom. The lowest BCUT2D eigenvalue weighted by Crippen LogP contribution is -2.49. The number of aromatic nitrogens is 1. The number of halogens is 2. The van der Waals surface area contributed by atoms with Crippen LogP contribution < -0.4 is 15.5 Å². The first-order valence-electron chi connectivity index (χ1n) is 9.65. The maximum atomic E-state index is 13.1. The number of aliphatic imine (C=N–C) groups is 1. The monoisotopic (exact) mass is 516 g/mol. The molecule has 29 heavy (non-hydrogen) atoms. The largest absolute Gasteiger partial charge is 0.444 e. The number of aryl methyl sites for hydroxylation is 2. The van der Waals surface area contributed by atoms with Gasteiger partial charge in [-0.05, 0) is 38.1 Å². The van der Waals surface area contributed by atoms with Crippen LogP contribution in [-0.4, -0.2) is 62.2 Å². The van der Waals surface area contributed by atoms with Gasteiger partial charge in [0.2, 0.25) is 5.89 Å². The molecule has 0 radical (unpaired) electrons. The highest BCUT2D eigenvalue weighted by atomic mass is 127. The highest BCUT2D eigenvalue weighted by molar-refractivity contribution is 14.0. The molecular formula is C20H30FIN6O. The number of nitrogens with one attached hydrogen (secondary N) is 2. The first-order chi connectivity index (χ1) is 13.5. The number of rotatable bonds is 6. The van der Waals surface area contributed by atoms with Gasteiger partial charge >= 0.3 is 0 Å². The molecule has 3 rings (SSSR count). The minimum absolute atomic E-state index is 0. The first-order valence-corrected chi connectivity index (χ1v) is 9.65. The van der Waals surface area contributed by atoms with Crippen molar-refractivity contribution in [2.45, 2.75) is 20.4 Å². The molecule has 1 aromatic heterocycles. The Morgan fingerprint density at radius 2 is 1.83 bits per heavy atom. The van der Waals surface area contributed by atoms with Crippen molar-refractivity contribution in [3.63, 3.8) is 0 Å². The zero-order valence-electron chi connectivity index (χ0n) is 17.2. The molecule has 1 aromatic carbocycles. The van der Waals surface area contributed by atoms with Gasteiger partial charge in [-0.1, -0.05) is 0 Å². The van der Waals surface area contributed by atoms with Crippen molar-refractivity contribution >= 4 is 35.6 Å². The maximum absolute atomic E-state index is 13.1. The van der Waals surface area contributed by atoms with Gasteiger partial charge in [0.15, 0.2) is 5.96 Å². The van der Waals surface area contributed by atoms with E-state index in [1.165, 1.54) is 12.1 Å². The minimum atomic E-state index is -0.191. The second-order valence-electron chi connectivity index (χ2n) is 6.91. The number of hydrogen-bond donors (Lipinski definition) is 2. The molecule has 1 aliphatic heterocycles. The molecule has 1 aliphatic rings. The van der Waals surface area contributed by atoms with E-state index in [0.717, 1.165) is 62.4 Å². The highest BCUT2D eigenvalue weighted by Crippen LogP contribution is 2.16. The van der Waals surface area contributed by atoms with Gasteiger partial charge in [-0.2, -0.15) is 0 Å². The molecule has 2 aromatic rings. The zero-order valence-corrected chi connectivity index (χ0v) is 19.6. The maximum Gasteiger partial charge on any atom is 0.214 e. The van der Waals surface area contributed by atoms with Gasteiger partial charge in [0.25, 0.3) is 0 Å². The molecule has 0 saturated carbocycles. The van der Waals surface area contributed by atoms with Crippen LogP contribution in [0.4, 0.5) is 10.1 Å². The molecule has 2 heterocycles. The SMILES string of the molecule is CN=C(NCCN1CCN(c2ccc(F)cc2)CC1)NCc1nc(C)c(C)o1.I. The van der Waals surface area contributed by atoms with E-state index in [-0.39, 0.29) is 29.8 Å². The van der Waals surface area contributed by atoms with E-state index in [1.54, 1.807) is 7.05 Å². The van der Waals surface area contributed by atoms with Gasteiger partial charge in [-0.15, -0.1) is 24.0 Å². The number of guanidine groups is 1. The summed E-state index contributed by atoms with van der Waals surface area (Å²) in [5, 5.41) is 6.55. The molecule has 0 unspecified atom stereocenters. The lowest BCUT2D eigenvalue weighted by atomic mass is 10.2. The normalized spacial score (nSPS) is 15.2. The molecule has 9 heteroatoms. The fourth-order valence-electron chi connectivity index (χ4n) is 3.21. The number of nitrogens with zero attached hydrogens (tertiary/aromatic N) is 4. The average molecular weight is 516 g/mol. The van der Waals surface area contributed by atoms with Crippen LogP contribution >= 0.6 is 24.0 Å². The zero-order chi connectivity index (χ0) is 19.9. The van der Waals surface area contributed by atoms with Gasteiger partial charge in [-0.25, -0.2) is 9.37 Å². The molecule has 0 amide bonds. The standard InChI is InChI=1S/C20H29FN6O.HI/c1-15-16(2)28-19(25-15)14-24-20(22-3)23-8-9-26-10-12-27(13-11-26)18-6-4-17(21)5-7-18;/h4-7H,8-14H2,1-3H3,(H2,22,23,24);1H. The van der Waals surface area contributed by atoms with Crippen LogP contribution in [0.5, 0.6) is 0 Å². The van der Waals surface area contributed by atoms with Crippen molar-refractivity contribution in [2.24, 2.45) is 4.99 Å². The Kier molecular flexibility index (Phi) is 9.15. The summed E-state index contributed by atoms with van der Waals surface area (Å²) in [7, 11) is 1.75. The Bertz CT molecular complexity index is 767. The minimum Gasteiger partial charge on any atom is -0.444 e. The van der Waals surface area contributed by atoms with Crippen molar-refractivity contribution in [2.75, 3.05) is 51.2 Å². The quantitative estimate of drug-likeness (QED) is 0.350. The van der Waals surface area contributed by atoms with Crippen LogP contribution in [0, 0.1) is 19.7 Å². The number of hydrogen-bond acceptors (Lipinski definition) is 5. The van der Waals surface area contributed by atoms with Crippen LogP contribution in [0.3, 0.4) is 0 Å². The molecule has 0 aliphatic carbocycles. The van der Waals surface area contributed by atoms with E-state index < -0.39 is 0 Å². The lowest BCUT2D eigenvalue weighted by molar-refractivity contribution is 0.261. The highest BCUT2D eigenvalue weighted by Gasteiger charge is 2.17. The van der Waals surface area contributed by atoms with Crippen molar-refractivity contribution < 1.29 is 8.81 Å². The van der Waals surface area contributed by atoms with Crippen LogP contribution in [0.15, 0.2) is 33.7 Å². The van der Waals surface area contributed by atoms with Gasteiger partial charge in [0.05, 0.1) is 12.2 Å². The third-order valence-electron chi connectivity index (χ3n) is 4.99. The summed E-state index contributed by atoms with van der Waals surface area (Å²) in [6, 6.07) is 6.73. The topological polar surface area (TPSA) is 68.9 Å². The average Bonchev–Trinajstić information content (AvgIpc) is 3.03. The summed E-state index contributed by atoms with van der Waals surface area (Å²) >= 11 is 0. The third-order valence-corrected chi connectivity index (χ3v) is 4.99. The van der Waals surface area contributed by atoms with Crippen LogP contribution in [-0.2, 0) is 6.54 Å². The summed E-state index contributed by atoms with van der Waals surface area (Å²) in [5.41, 5.74) is 2.00. The van der Waals surface area contributed by atoms with Crippen LogP contribution in [0.2, 0.25) is 0 Å². The molecule has 2 N–H and O–H groups in total. The first kappa shape index (κ1) is 23.4. The molecule has 1 saturated heterocycles. The molecule has 0 atom stereocenters. The Labute approximate surface area is 188 Å². The second-order valence-corrected chi connectivity index (χ2v) is 6.91. The summed E-state index contributed by atoms with van der Waals surface area (Å²) < 4.78 is 18.6. The Hall–Kier alpha value is -1.88. The third kappa shape index (κ3) is 6.84. The van der Waals surface area contributed by atoms with Crippen molar-refractivity contribution in [1.29, 1.82) is 0 Å². The Balaban J connectivity index is 0.00000300. The predicted molar refractivity (Wildman–Crippen MR) is 125 cm³/mol. The molecule has 1 fully saturated rings. The fourth-order valence-corrected chi connectivity index (χ4v) is 3.21.